The highest BCUT2D eigenvalue weighted by Crippen LogP contribution is 2.13. The van der Waals surface area contributed by atoms with Crippen molar-refractivity contribution >= 4 is 17.6 Å². The number of hydrogen-bond acceptors (Lipinski definition) is 7. The van der Waals surface area contributed by atoms with Crippen LogP contribution in [0.4, 0.5) is 5.82 Å². The highest BCUT2D eigenvalue weighted by atomic mass is 35.5. The standard InChI is InChI=1S/C11H18ClN3O5/c1-6(17)10(18)8(5-16)20-7(2)15-4-3-9(14-12)13-11(15)19/h3-4,6-8,10,16-18H,5H2,1-2H3,(H,13,14,19)/t6?,7?,8-,10-/m1/s1. The lowest BCUT2D eigenvalue weighted by atomic mass is 10.1. The minimum absolute atomic E-state index is 0.197. The van der Waals surface area contributed by atoms with E-state index in [2.05, 4.69) is 9.82 Å². The first kappa shape index (κ1) is 16.9. The third-order valence-electron chi connectivity index (χ3n) is 2.75. The molecular formula is C11H18ClN3O5. The molecule has 1 rings (SSSR count). The van der Waals surface area contributed by atoms with Crippen molar-refractivity contribution in [1.29, 1.82) is 0 Å². The molecule has 0 bridgehead atoms. The molecule has 20 heavy (non-hydrogen) atoms. The van der Waals surface area contributed by atoms with Crippen molar-refractivity contribution in [2.24, 2.45) is 0 Å². The molecule has 114 valence electrons. The molecule has 4 N–H and O–H groups in total. The molecule has 2 unspecified atom stereocenters. The third-order valence-corrected chi connectivity index (χ3v) is 2.94. The van der Waals surface area contributed by atoms with Crippen LogP contribution in [-0.4, -0.2) is 49.8 Å². The fraction of sp³-hybridized carbons (Fsp3) is 0.636. The number of ether oxygens (including phenoxy) is 1. The number of rotatable bonds is 7. The zero-order valence-electron chi connectivity index (χ0n) is 11.1. The van der Waals surface area contributed by atoms with Crippen molar-refractivity contribution in [3.05, 3.63) is 22.7 Å². The molecule has 8 nitrogen and oxygen atoms in total. The summed E-state index contributed by atoms with van der Waals surface area (Å²) in [5, 5.41) is 28.1. The number of aliphatic hydroxyl groups is 3. The first-order valence-corrected chi connectivity index (χ1v) is 6.36. The normalized spacial score (nSPS) is 17.3. The predicted molar refractivity (Wildman–Crippen MR) is 72.3 cm³/mol. The number of nitrogens with zero attached hydrogens (tertiary/aromatic N) is 2. The average Bonchev–Trinajstić information content (AvgIpc) is 2.43. The van der Waals surface area contributed by atoms with Crippen LogP contribution in [0.3, 0.4) is 0 Å². The van der Waals surface area contributed by atoms with Gasteiger partial charge in [-0.3, -0.25) is 9.40 Å². The lowest BCUT2D eigenvalue weighted by Gasteiger charge is -2.27. The molecule has 9 heteroatoms. The second-order valence-corrected chi connectivity index (χ2v) is 4.47. The molecule has 0 amide bonds. The fourth-order valence-electron chi connectivity index (χ4n) is 1.60. The van der Waals surface area contributed by atoms with E-state index >= 15 is 0 Å². The molecule has 0 saturated heterocycles. The Morgan fingerprint density at radius 3 is 2.60 bits per heavy atom. The van der Waals surface area contributed by atoms with E-state index in [-0.39, 0.29) is 5.82 Å². The van der Waals surface area contributed by atoms with Crippen molar-refractivity contribution in [2.45, 2.75) is 38.4 Å². The van der Waals surface area contributed by atoms with E-state index in [1.165, 1.54) is 19.2 Å². The van der Waals surface area contributed by atoms with Gasteiger partial charge in [0, 0.05) is 18.0 Å². The van der Waals surface area contributed by atoms with Crippen molar-refractivity contribution in [3.63, 3.8) is 0 Å². The van der Waals surface area contributed by atoms with Gasteiger partial charge in [-0.1, -0.05) is 0 Å². The Kier molecular flexibility index (Phi) is 6.37. The summed E-state index contributed by atoms with van der Waals surface area (Å²) in [6, 6.07) is 1.47. The largest absolute Gasteiger partial charge is 0.394 e. The van der Waals surface area contributed by atoms with Crippen LogP contribution in [0.25, 0.3) is 0 Å². The molecule has 0 saturated carbocycles. The molecule has 1 heterocycles. The maximum atomic E-state index is 11.7. The summed E-state index contributed by atoms with van der Waals surface area (Å²) >= 11 is 5.33. The average molecular weight is 308 g/mol. The summed E-state index contributed by atoms with van der Waals surface area (Å²) in [4.78, 5) is 17.6. The van der Waals surface area contributed by atoms with Gasteiger partial charge in [0.05, 0.1) is 12.7 Å². The maximum Gasteiger partial charge on any atom is 0.351 e. The quantitative estimate of drug-likeness (QED) is 0.499. The summed E-state index contributed by atoms with van der Waals surface area (Å²) in [5.41, 5.74) is -0.605. The molecule has 0 aliphatic carbocycles. The Morgan fingerprint density at radius 1 is 1.50 bits per heavy atom. The number of anilines is 1. The predicted octanol–water partition coefficient (Wildman–Crippen LogP) is -0.553. The van der Waals surface area contributed by atoms with Crippen LogP contribution in [0.1, 0.15) is 20.1 Å². The fourth-order valence-corrected chi connectivity index (χ4v) is 1.71. The Balaban J connectivity index is 2.84. The Morgan fingerprint density at radius 2 is 2.15 bits per heavy atom. The smallest absolute Gasteiger partial charge is 0.351 e. The second kappa shape index (κ2) is 7.55. The Labute approximate surface area is 120 Å². The first-order valence-electron chi connectivity index (χ1n) is 5.99. The van der Waals surface area contributed by atoms with Gasteiger partial charge in [0.1, 0.15) is 24.3 Å². The highest BCUT2D eigenvalue weighted by Gasteiger charge is 2.26. The summed E-state index contributed by atoms with van der Waals surface area (Å²) < 4.78 is 6.53. The van der Waals surface area contributed by atoms with E-state index in [4.69, 9.17) is 21.6 Å². The van der Waals surface area contributed by atoms with Crippen LogP contribution in [0, 0.1) is 0 Å². The molecule has 1 aromatic heterocycles. The van der Waals surface area contributed by atoms with Crippen molar-refractivity contribution in [2.75, 3.05) is 11.4 Å². The molecular weight excluding hydrogens is 290 g/mol. The molecule has 1 aromatic rings. The van der Waals surface area contributed by atoms with Crippen molar-refractivity contribution in [1.82, 2.24) is 9.55 Å². The van der Waals surface area contributed by atoms with Gasteiger partial charge in [-0.25, -0.2) is 4.79 Å². The third kappa shape index (κ3) is 4.15. The van der Waals surface area contributed by atoms with E-state index in [1.807, 2.05) is 0 Å². The van der Waals surface area contributed by atoms with Gasteiger partial charge in [-0.05, 0) is 19.9 Å². The second-order valence-electron chi connectivity index (χ2n) is 4.28. The summed E-state index contributed by atoms with van der Waals surface area (Å²) in [5.74, 6) is 0.197. The minimum atomic E-state index is -1.27. The molecule has 0 aliphatic heterocycles. The van der Waals surface area contributed by atoms with Crippen LogP contribution in [0.15, 0.2) is 17.1 Å². The number of hydrogen-bond donors (Lipinski definition) is 4. The van der Waals surface area contributed by atoms with E-state index < -0.39 is 36.8 Å². The number of aromatic nitrogens is 2. The molecule has 0 aromatic carbocycles. The zero-order valence-corrected chi connectivity index (χ0v) is 11.9. The Hall–Kier alpha value is -1.19. The van der Waals surface area contributed by atoms with E-state index in [1.54, 1.807) is 6.92 Å². The van der Waals surface area contributed by atoms with E-state index in [9.17, 15) is 15.0 Å². The number of aliphatic hydroxyl groups excluding tert-OH is 3. The summed E-state index contributed by atoms with van der Waals surface area (Å²) in [6.07, 6.45) is -2.74. The molecule has 0 spiro atoms. The zero-order chi connectivity index (χ0) is 15.3. The molecule has 0 aliphatic rings. The maximum absolute atomic E-state index is 11.7. The van der Waals surface area contributed by atoms with Crippen LogP contribution < -0.4 is 10.5 Å². The lowest BCUT2D eigenvalue weighted by molar-refractivity contribution is -0.142. The SMILES string of the molecule is CC(O)[C@@H](O)[C@@H](CO)OC(C)n1ccc(NCl)nc1=O. The van der Waals surface area contributed by atoms with Gasteiger partial charge >= 0.3 is 5.69 Å². The number of nitrogens with one attached hydrogen (secondary N) is 1. The van der Waals surface area contributed by atoms with Gasteiger partial charge < -0.3 is 20.1 Å². The van der Waals surface area contributed by atoms with Gasteiger partial charge in [0.2, 0.25) is 0 Å². The van der Waals surface area contributed by atoms with E-state index in [0.717, 1.165) is 4.57 Å². The Bertz CT molecular complexity index is 481. The lowest BCUT2D eigenvalue weighted by Crippen LogP contribution is -2.42. The molecule has 0 radical (unpaired) electrons. The van der Waals surface area contributed by atoms with Crippen LogP contribution in [0.5, 0.6) is 0 Å². The van der Waals surface area contributed by atoms with Crippen LogP contribution >= 0.6 is 11.8 Å². The minimum Gasteiger partial charge on any atom is -0.394 e. The van der Waals surface area contributed by atoms with Crippen LogP contribution in [-0.2, 0) is 4.74 Å². The van der Waals surface area contributed by atoms with Gasteiger partial charge in [0.25, 0.3) is 0 Å². The molecule has 4 atom stereocenters. The van der Waals surface area contributed by atoms with Crippen molar-refractivity contribution in [3.8, 4) is 0 Å². The summed E-state index contributed by atoms with van der Waals surface area (Å²) in [6.45, 7) is 2.42. The van der Waals surface area contributed by atoms with Gasteiger partial charge in [-0.2, -0.15) is 4.98 Å². The van der Waals surface area contributed by atoms with Crippen molar-refractivity contribution < 1.29 is 20.1 Å². The topological polar surface area (TPSA) is 117 Å². The van der Waals surface area contributed by atoms with Gasteiger partial charge in [-0.15, -0.1) is 0 Å². The van der Waals surface area contributed by atoms with Crippen LogP contribution in [0.2, 0.25) is 0 Å². The summed E-state index contributed by atoms with van der Waals surface area (Å²) in [7, 11) is 0. The van der Waals surface area contributed by atoms with E-state index in [0.29, 0.717) is 0 Å². The van der Waals surface area contributed by atoms with Gasteiger partial charge in [0.15, 0.2) is 0 Å². The molecule has 0 fully saturated rings. The number of halogens is 1. The highest BCUT2D eigenvalue weighted by molar-refractivity contribution is 6.23. The monoisotopic (exact) mass is 307 g/mol. The first-order chi connectivity index (χ1) is 9.40.